The van der Waals surface area contributed by atoms with Crippen LogP contribution in [0.25, 0.3) is 33.6 Å². The molecule has 5 aromatic rings. The smallest absolute Gasteiger partial charge is 0.314 e. The van der Waals surface area contributed by atoms with E-state index in [1.807, 2.05) is 31.3 Å². The molecular weight excluding hydrogens is 392 g/mol. The number of hydrogen-bond acceptors (Lipinski definition) is 6. The Morgan fingerprint density at radius 2 is 1.93 bits per heavy atom. The van der Waals surface area contributed by atoms with Crippen molar-refractivity contribution in [1.82, 2.24) is 35.2 Å². The Morgan fingerprint density at radius 3 is 2.70 bits per heavy atom. The van der Waals surface area contributed by atoms with Crippen molar-refractivity contribution in [2.75, 3.05) is 0 Å². The Morgan fingerprint density at radius 1 is 1.07 bits per heavy atom. The van der Waals surface area contributed by atoms with Crippen molar-refractivity contribution in [2.24, 2.45) is 0 Å². The minimum atomic E-state index is -2.80. The van der Waals surface area contributed by atoms with Gasteiger partial charge in [0.05, 0.1) is 24.0 Å². The first-order valence-corrected chi connectivity index (χ1v) is 9.12. The fourth-order valence-corrected chi connectivity index (χ4v) is 3.19. The van der Waals surface area contributed by atoms with Crippen molar-refractivity contribution < 1.29 is 13.2 Å². The summed E-state index contributed by atoms with van der Waals surface area (Å²) in [6.45, 7) is 2.42. The molecule has 0 bridgehead atoms. The van der Waals surface area contributed by atoms with Gasteiger partial charge in [-0.25, -0.2) is 4.68 Å². The summed E-state index contributed by atoms with van der Waals surface area (Å²) < 4.78 is 31.8. The number of aromatic nitrogens is 7. The van der Waals surface area contributed by atoms with Crippen molar-refractivity contribution in [3.05, 3.63) is 66.1 Å². The lowest BCUT2D eigenvalue weighted by Gasteiger charge is -2.01. The molecule has 1 aromatic carbocycles. The SMILES string of the molecule is Cc1cc2ccc(-c3cn(Cc4ccc(-c5nnc(C(F)F)o5)cn4)nn3)cc2[nH]1. The van der Waals surface area contributed by atoms with Gasteiger partial charge in [-0.15, -0.1) is 15.3 Å². The Kier molecular flexibility index (Phi) is 4.31. The third-order valence-corrected chi connectivity index (χ3v) is 4.61. The van der Waals surface area contributed by atoms with Crippen LogP contribution in [0.5, 0.6) is 0 Å². The van der Waals surface area contributed by atoms with Crippen LogP contribution in [-0.4, -0.2) is 35.2 Å². The van der Waals surface area contributed by atoms with Crippen molar-refractivity contribution >= 4 is 10.9 Å². The first-order chi connectivity index (χ1) is 14.5. The molecule has 0 unspecified atom stereocenters. The number of halogens is 2. The summed E-state index contributed by atoms with van der Waals surface area (Å²) in [6.07, 6.45) is 0.540. The van der Waals surface area contributed by atoms with E-state index in [0.717, 1.165) is 33.5 Å². The maximum absolute atomic E-state index is 12.6. The van der Waals surface area contributed by atoms with Crippen LogP contribution in [0.4, 0.5) is 8.78 Å². The Bertz CT molecular complexity index is 1320. The molecule has 4 aromatic heterocycles. The molecule has 150 valence electrons. The van der Waals surface area contributed by atoms with Crippen molar-refractivity contribution in [3.63, 3.8) is 0 Å². The quantitative estimate of drug-likeness (QED) is 0.470. The Labute approximate surface area is 168 Å². The molecule has 0 saturated carbocycles. The molecular formula is C20H15F2N7O. The van der Waals surface area contributed by atoms with Gasteiger partial charge in [0.15, 0.2) is 0 Å². The van der Waals surface area contributed by atoms with Gasteiger partial charge in [-0.1, -0.05) is 17.3 Å². The van der Waals surface area contributed by atoms with Crippen molar-refractivity contribution in [2.45, 2.75) is 19.9 Å². The van der Waals surface area contributed by atoms with E-state index < -0.39 is 12.3 Å². The number of aromatic amines is 1. The molecule has 0 atom stereocenters. The molecule has 0 aliphatic carbocycles. The highest BCUT2D eigenvalue weighted by atomic mass is 19.3. The molecule has 0 radical (unpaired) electrons. The number of H-pyrrole nitrogens is 1. The highest BCUT2D eigenvalue weighted by Gasteiger charge is 2.17. The van der Waals surface area contributed by atoms with Gasteiger partial charge in [0, 0.05) is 23.0 Å². The normalized spacial score (nSPS) is 11.6. The van der Waals surface area contributed by atoms with E-state index in [9.17, 15) is 8.78 Å². The molecule has 0 fully saturated rings. The van der Waals surface area contributed by atoms with Gasteiger partial charge in [-0.3, -0.25) is 4.98 Å². The zero-order valence-electron chi connectivity index (χ0n) is 15.8. The summed E-state index contributed by atoms with van der Waals surface area (Å²) in [5, 5.41) is 16.5. The monoisotopic (exact) mass is 407 g/mol. The minimum absolute atomic E-state index is 0.00216. The zero-order chi connectivity index (χ0) is 20.7. The second-order valence-corrected chi connectivity index (χ2v) is 6.84. The highest BCUT2D eigenvalue weighted by molar-refractivity contribution is 5.84. The van der Waals surface area contributed by atoms with Crippen LogP contribution in [0.2, 0.25) is 0 Å². The summed E-state index contributed by atoms with van der Waals surface area (Å²) in [4.78, 5) is 7.64. The van der Waals surface area contributed by atoms with Gasteiger partial charge >= 0.3 is 6.43 Å². The van der Waals surface area contributed by atoms with Gasteiger partial charge in [0.25, 0.3) is 5.89 Å². The number of rotatable bonds is 5. The first-order valence-electron chi connectivity index (χ1n) is 9.12. The molecule has 0 spiro atoms. The Balaban J connectivity index is 1.33. The van der Waals surface area contributed by atoms with E-state index in [-0.39, 0.29) is 5.89 Å². The number of pyridine rings is 1. The molecule has 0 amide bonds. The molecule has 10 heteroatoms. The maximum Gasteiger partial charge on any atom is 0.314 e. The summed E-state index contributed by atoms with van der Waals surface area (Å²) in [6, 6.07) is 11.6. The molecule has 1 N–H and O–H groups in total. The predicted molar refractivity (Wildman–Crippen MR) is 104 cm³/mol. The van der Waals surface area contributed by atoms with Crippen LogP contribution in [0, 0.1) is 6.92 Å². The number of alkyl halides is 2. The number of fused-ring (bicyclic) bond motifs is 1. The summed E-state index contributed by atoms with van der Waals surface area (Å²) in [5.41, 5.74) is 5.06. The van der Waals surface area contributed by atoms with Crippen LogP contribution in [-0.2, 0) is 6.54 Å². The summed E-state index contributed by atoms with van der Waals surface area (Å²) >= 11 is 0. The molecule has 0 aliphatic rings. The van der Waals surface area contributed by atoms with E-state index in [1.165, 1.54) is 6.20 Å². The average molecular weight is 407 g/mol. The maximum atomic E-state index is 12.6. The van der Waals surface area contributed by atoms with Crippen LogP contribution in [0.15, 0.2) is 53.2 Å². The fraction of sp³-hybridized carbons (Fsp3) is 0.150. The number of hydrogen-bond donors (Lipinski definition) is 1. The molecule has 0 aliphatic heterocycles. The number of benzene rings is 1. The number of nitrogens with zero attached hydrogens (tertiary/aromatic N) is 6. The van der Waals surface area contributed by atoms with Crippen LogP contribution < -0.4 is 0 Å². The van der Waals surface area contributed by atoms with Gasteiger partial charge < -0.3 is 9.40 Å². The van der Waals surface area contributed by atoms with E-state index in [1.54, 1.807) is 16.8 Å². The van der Waals surface area contributed by atoms with E-state index in [2.05, 4.69) is 36.5 Å². The molecule has 30 heavy (non-hydrogen) atoms. The van der Waals surface area contributed by atoms with E-state index in [4.69, 9.17) is 4.42 Å². The number of aryl methyl sites for hydroxylation is 1. The third kappa shape index (κ3) is 3.43. The lowest BCUT2D eigenvalue weighted by atomic mass is 10.1. The van der Waals surface area contributed by atoms with Gasteiger partial charge in [-0.05, 0) is 36.6 Å². The molecule has 5 rings (SSSR count). The minimum Gasteiger partial charge on any atom is -0.415 e. The predicted octanol–water partition coefficient (Wildman–Crippen LogP) is 4.17. The lowest BCUT2D eigenvalue weighted by molar-refractivity contribution is 0.116. The van der Waals surface area contributed by atoms with Gasteiger partial charge in [-0.2, -0.15) is 8.78 Å². The van der Waals surface area contributed by atoms with Crippen LogP contribution >= 0.6 is 0 Å². The van der Waals surface area contributed by atoms with Crippen LogP contribution in [0.3, 0.4) is 0 Å². The lowest BCUT2D eigenvalue weighted by Crippen LogP contribution is -2.02. The largest absolute Gasteiger partial charge is 0.415 e. The first kappa shape index (κ1) is 18.1. The Hall–Kier alpha value is -3.95. The van der Waals surface area contributed by atoms with E-state index in [0.29, 0.717) is 12.1 Å². The van der Waals surface area contributed by atoms with E-state index >= 15 is 0 Å². The molecule has 4 heterocycles. The zero-order valence-corrected chi connectivity index (χ0v) is 15.8. The van der Waals surface area contributed by atoms with Crippen LogP contribution in [0.1, 0.15) is 23.7 Å². The second kappa shape index (κ2) is 7.14. The molecule has 8 nitrogen and oxygen atoms in total. The third-order valence-electron chi connectivity index (χ3n) is 4.61. The van der Waals surface area contributed by atoms with Crippen molar-refractivity contribution in [1.29, 1.82) is 0 Å². The topological polar surface area (TPSA) is 98.3 Å². The standard InChI is InChI=1S/C20H15F2N7O/c1-11-6-12-2-3-13(7-16(12)24-11)17-10-29(28-25-17)9-15-5-4-14(8-23-15)19-26-27-20(30-19)18(21)22/h2-8,10,18,24H,9H2,1H3. The fourth-order valence-electron chi connectivity index (χ4n) is 3.19. The van der Waals surface area contributed by atoms with Gasteiger partial charge in [0.2, 0.25) is 5.89 Å². The van der Waals surface area contributed by atoms with Crippen molar-refractivity contribution in [3.8, 4) is 22.7 Å². The molecule has 0 saturated heterocycles. The second-order valence-electron chi connectivity index (χ2n) is 6.84. The highest BCUT2D eigenvalue weighted by Crippen LogP contribution is 2.24. The van der Waals surface area contributed by atoms with Gasteiger partial charge in [0.1, 0.15) is 5.69 Å². The number of nitrogens with one attached hydrogen (secondary N) is 1. The summed E-state index contributed by atoms with van der Waals surface area (Å²) in [5.74, 6) is -0.709. The average Bonchev–Trinajstić information content (AvgIpc) is 3.47. The summed E-state index contributed by atoms with van der Waals surface area (Å²) in [7, 11) is 0.